The number of tetrazole rings is 1. The van der Waals surface area contributed by atoms with Crippen molar-refractivity contribution in [3.8, 4) is 0 Å². The fourth-order valence-electron chi connectivity index (χ4n) is 5.10. The zero-order valence-corrected chi connectivity index (χ0v) is 19.9. The summed E-state index contributed by atoms with van der Waals surface area (Å²) >= 11 is 0. The maximum absolute atomic E-state index is 13.4. The Morgan fingerprint density at radius 3 is 2.76 bits per heavy atom. The van der Waals surface area contributed by atoms with Gasteiger partial charge in [0, 0.05) is 24.2 Å². The number of piperidine rings is 1. The summed E-state index contributed by atoms with van der Waals surface area (Å²) in [4.78, 5) is 18.9. The van der Waals surface area contributed by atoms with E-state index in [1.165, 1.54) is 17.5 Å². The van der Waals surface area contributed by atoms with E-state index in [0.717, 1.165) is 49.1 Å². The number of fused-ring (bicyclic) bond motifs is 1. The van der Waals surface area contributed by atoms with Crippen molar-refractivity contribution in [1.82, 2.24) is 30.1 Å². The molecule has 3 heterocycles. The average Bonchev–Trinajstić information content (AvgIpc) is 3.32. The lowest BCUT2D eigenvalue weighted by molar-refractivity contribution is 0.141. The van der Waals surface area contributed by atoms with E-state index < -0.39 is 0 Å². The molecule has 2 aromatic heterocycles. The minimum absolute atomic E-state index is 0.0717. The van der Waals surface area contributed by atoms with E-state index in [4.69, 9.17) is 0 Å². The Labute approximate surface area is 199 Å². The Morgan fingerprint density at radius 1 is 1.12 bits per heavy atom. The minimum atomic E-state index is -0.285. The van der Waals surface area contributed by atoms with Crippen molar-refractivity contribution in [3.63, 3.8) is 0 Å². The summed E-state index contributed by atoms with van der Waals surface area (Å²) in [6.45, 7) is 6.93. The quantitative estimate of drug-likeness (QED) is 0.452. The van der Waals surface area contributed by atoms with Gasteiger partial charge in [0.25, 0.3) is 5.56 Å². The van der Waals surface area contributed by atoms with Crippen molar-refractivity contribution in [1.29, 1.82) is 0 Å². The van der Waals surface area contributed by atoms with Crippen molar-refractivity contribution in [2.24, 2.45) is 5.92 Å². The van der Waals surface area contributed by atoms with Gasteiger partial charge in [-0.3, -0.25) is 9.69 Å². The lowest BCUT2D eigenvalue weighted by Gasteiger charge is -2.36. The maximum atomic E-state index is 13.4. The number of likely N-dealkylation sites (tertiary alicyclic amines) is 1. The third-order valence-corrected chi connectivity index (χ3v) is 6.95. The third-order valence-electron chi connectivity index (χ3n) is 6.95. The Hall–Kier alpha value is -3.32. The molecule has 1 saturated heterocycles. The normalized spacial score (nSPS) is 17.8. The van der Waals surface area contributed by atoms with Crippen molar-refractivity contribution in [2.75, 3.05) is 13.1 Å². The Bertz CT molecular complexity index is 1310. The second kappa shape index (κ2) is 9.89. The first-order chi connectivity index (χ1) is 16.6. The number of aromatic nitrogens is 5. The lowest BCUT2D eigenvalue weighted by Crippen LogP contribution is -2.41. The molecule has 7 nitrogen and oxygen atoms in total. The predicted molar refractivity (Wildman–Crippen MR) is 134 cm³/mol. The zero-order valence-electron chi connectivity index (χ0n) is 19.9. The molecule has 0 saturated carbocycles. The van der Waals surface area contributed by atoms with Crippen LogP contribution in [0.1, 0.15) is 55.2 Å². The molecule has 0 radical (unpaired) electrons. The van der Waals surface area contributed by atoms with Gasteiger partial charge in [0.2, 0.25) is 0 Å². The molecular formula is C27H32N6O. The standard InChI is InChI=1S/C27H32N6O/c1-3-20-11-12-24-22(16-20)17-23(27(34)28-24)25(32-14-7-8-19(2)18-32)26-29-30-31-33(26)15-13-21-9-5-4-6-10-21/h4-6,9-12,16-17,19,25H,3,7-8,13-15,18H2,1-2H3,(H,28,34)/t19-,25-/m1/s1. The number of nitrogens with zero attached hydrogens (tertiary/aromatic N) is 5. The molecule has 0 amide bonds. The number of hydrogen-bond donors (Lipinski definition) is 1. The highest BCUT2D eigenvalue weighted by atomic mass is 16.1. The van der Waals surface area contributed by atoms with Gasteiger partial charge >= 0.3 is 0 Å². The summed E-state index contributed by atoms with van der Waals surface area (Å²) in [6.07, 6.45) is 4.09. The van der Waals surface area contributed by atoms with E-state index in [1.807, 2.05) is 35.0 Å². The van der Waals surface area contributed by atoms with E-state index in [2.05, 4.69) is 63.5 Å². The third kappa shape index (κ3) is 4.66. The highest BCUT2D eigenvalue weighted by molar-refractivity contribution is 5.80. The summed E-state index contributed by atoms with van der Waals surface area (Å²) in [5, 5.41) is 13.9. The fraction of sp³-hybridized carbons (Fsp3) is 0.407. The molecule has 34 heavy (non-hydrogen) atoms. The number of pyridine rings is 1. The summed E-state index contributed by atoms with van der Waals surface area (Å²) < 4.78 is 1.88. The molecule has 0 aliphatic carbocycles. The molecule has 5 rings (SSSR count). The summed E-state index contributed by atoms with van der Waals surface area (Å²) in [7, 11) is 0. The number of nitrogens with one attached hydrogen (secondary N) is 1. The SMILES string of the molecule is CCc1ccc2[nH]c(=O)c([C@H](c3nnnn3CCc3ccccc3)N3CCC[C@@H](C)C3)cc2c1. The van der Waals surface area contributed by atoms with Gasteiger partial charge in [-0.15, -0.1) is 5.10 Å². The van der Waals surface area contributed by atoms with Gasteiger partial charge in [0.1, 0.15) is 6.04 Å². The van der Waals surface area contributed by atoms with E-state index in [1.54, 1.807) is 0 Å². The monoisotopic (exact) mass is 456 g/mol. The number of aromatic amines is 1. The summed E-state index contributed by atoms with van der Waals surface area (Å²) in [6, 6.07) is 18.4. The van der Waals surface area contributed by atoms with Gasteiger partial charge in [-0.05, 0) is 83.3 Å². The van der Waals surface area contributed by atoms with Gasteiger partial charge in [-0.1, -0.05) is 50.2 Å². The molecular weight excluding hydrogens is 424 g/mol. The first kappa shape index (κ1) is 22.5. The number of H-pyrrole nitrogens is 1. The van der Waals surface area contributed by atoms with Crippen LogP contribution in [0.15, 0.2) is 59.4 Å². The number of hydrogen-bond acceptors (Lipinski definition) is 5. The molecule has 0 spiro atoms. The van der Waals surface area contributed by atoms with Crippen LogP contribution >= 0.6 is 0 Å². The number of rotatable bonds is 7. The predicted octanol–water partition coefficient (Wildman–Crippen LogP) is 4.14. The molecule has 2 atom stereocenters. The van der Waals surface area contributed by atoms with Crippen molar-refractivity contribution in [3.05, 3.63) is 87.5 Å². The van der Waals surface area contributed by atoms with Crippen LogP contribution in [-0.4, -0.2) is 43.2 Å². The van der Waals surface area contributed by atoms with Gasteiger partial charge in [-0.2, -0.15) is 0 Å². The van der Waals surface area contributed by atoms with Gasteiger partial charge in [0.15, 0.2) is 5.82 Å². The molecule has 1 N–H and O–H groups in total. The lowest BCUT2D eigenvalue weighted by atomic mass is 9.95. The first-order valence-electron chi connectivity index (χ1n) is 12.3. The van der Waals surface area contributed by atoms with Crippen LogP contribution in [-0.2, 0) is 19.4 Å². The summed E-state index contributed by atoms with van der Waals surface area (Å²) in [5.41, 5.74) is 3.99. The Kier molecular flexibility index (Phi) is 6.54. The van der Waals surface area contributed by atoms with E-state index in [-0.39, 0.29) is 11.6 Å². The molecule has 4 aromatic rings. The topological polar surface area (TPSA) is 79.7 Å². The summed E-state index contributed by atoms with van der Waals surface area (Å²) in [5.74, 6) is 1.30. The van der Waals surface area contributed by atoms with Crippen LogP contribution in [0.4, 0.5) is 0 Å². The number of aryl methyl sites for hydroxylation is 3. The van der Waals surface area contributed by atoms with Crippen LogP contribution in [0.3, 0.4) is 0 Å². The van der Waals surface area contributed by atoms with Crippen molar-refractivity contribution < 1.29 is 0 Å². The molecule has 0 bridgehead atoms. The smallest absolute Gasteiger partial charge is 0.253 e. The van der Waals surface area contributed by atoms with Crippen LogP contribution in [0.25, 0.3) is 10.9 Å². The largest absolute Gasteiger partial charge is 0.322 e. The van der Waals surface area contributed by atoms with E-state index in [9.17, 15) is 4.79 Å². The van der Waals surface area contributed by atoms with Gasteiger partial charge < -0.3 is 4.98 Å². The molecule has 1 fully saturated rings. The number of benzene rings is 2. The van der Waals surface area contributed by atoms with Crippen LogP contribution in [0.5, 0.6) is 0 Å². The molecule has 0 unspecified atom stereocenters. The Morgan fingerprint density at radius 2 is 1.97 bits per heavy atom. The van der Waals surface area contributed by atoms with Crippen molar-refractivity contribution >= 4 is 10.9 Å². The molecule has 1 aliphatic heterocycles. The van der Waals surface area contributed by atoms with Crippen molar-refractivity contribution in [2.45, 2.75) is 52.1 Å². The second-order valence-electron chi connectivity index (χ2n) is 9.47. The highest BCUT2D eigenvalue weighted by Gasteiger charge is 2.32. The second-order valence-corrected chi connectivity index (χ2v) is 9.47. The van der Waals surface area contributed by atoms with Gasteiger partial charge in [0.05, 0.1) is 0 Å². The molecule has 7 heteroatoms. The van der Waals surface area contributed by atoms with Crippen LogP contribution < -0.4 is 5.56 Å². The van der Waals surface area contributed by atoms with E-state index in [0.29, 0.717) is 18.0 Å². The van der Waals surface area contributed by atoms with E-state index >= 15 is 0 Å². The Balaban J connectivity index is 1.57. The minimum Gasteiger partial charge on any atom is -0.322 e. The first-order valence-corrected chi connectivity index (χ1v) is 12.3. The zero-order chi connectivity index (χ0) is 23.5. The highest BCUT2D eigenvalue weighted by Crippen LogP contribution is 2.31. The maximum Gasteiger partial charge on any atom is 0.253 e. The van der Waals surface area contributed by atoms with Gasteiger partial charge in [-0.25, -0.2) is 4.68 Å². The molecule has 176 valence electrons. The van der Waals surface area contributed by atoms with Crippen LogP contribution in [0.2, 0.25) is 0 Å². The molecule has 1 aliphatic rings. The fourth-order valence-corrected chi connectivity index (χ4v) is 5.10. The average molecular weight is 457 g/mol. The molecule has 2 aromatic carbocycles. The van der Waals surface area contributed by atoms with Crippen LogP contribution in [0, 0.1) is 5.92 Å².